The Morgan fingerprint density at radius 3 is 2.85 bits per heavy atom. The van der Waals surface area contributed by atoms with E-state index in [1.807, 2.05) is 0 Å². The van der Waals surface area contributed by atoms with Crippen molar-refractivity contribution in [2.45, 2.75) is 58.0 Å². The van der Waals surface area contributed by atoms with E-state index in [1.165, 1.54) is 25.7 Å². The molecule has 1 rings (SSSR count). The van der Waals surface area contributed by atoms with Crippen LogP contribution in [-0.4, -0.2) is 11.2 Å². The van der Waals surface area contributed by atoms with Crippen LogP contribution >= 0.6 is 0 Å². The van der Waals surface area contributed by atoms with Gasteiger partial charge >= 0.3 is 0 Å². The average Bonchev–Trinajstić information content (AvgIpc) is 2.19. The van der Waals surface area contributed by atoms with Crippen molar-refractivity contribution in [1.82, 2.24) is 0 Å². The average molecular weight is 182 g/mol. The Hall–Kier alpha value is -0.300. The lowest BCUT2D eigenvalue weighted by molar-refractivity contribution is 0.0909. The highest BCUT2D eigenvalue weighted by Crippen LogP contribution is 2.24. The molecule has 76 valence electrons. The van der Waals surface area contributed by atoms with E-state index in [4.69, 9.17) is 0 Å². The summed E-state index contributed by atoms with van der Waals surface area (Å²) in [6.45, 7) is 2.20. The molecule has 2 atom stereocenters. The van der Waals surface area contributed by atoms with E-state index in [2.05, 4.69) is 19.1 Å². The molecule has 0 amide bonds. The molecule has 0 unspecified atom stereocenters. The largest absolute Gasteiger partial charge is 0.393 e. The van der Waals surface area contributed by atoms with Gasteiger partial charge in [0.1, 0.15) is 0 Å². The third-order valence-corrected chi connectivity index (χ3v) is 2.96. The number of allylic oxidation sites excluding steroid dienone is 2. The molecule has 0 bridgehead atoms. The summed E-state index contributed by atoms with van der Waals surface area (Å²) in [4.78, 5) is 0. The summed E-state index contributed by atoms with van der Waals surface area (Å²) < 4.78 is 0. The van der Waals surface area contributed by atoms with E-state index in [1.54, 1.807) is 0 Å². The molecule has 0 saturated carbocycles. The fraction of sp³-hybridized carbons (Fsp3) is 0.833. The molecule has 1 aliphatic carbocycles. The summed E-state index contributed by atoms with van der Waals surface area (Å²) in [5, 5.41) is 9.87. The first-order valence-corrected chi connectivity index (χ1v) is 5.67. The highest BCUT2D eigenvalue weighted by molar-refractivity contribution is 4.92. The summed E-state index contributed by atoms with van der Waals surface area (Å²) in [5.74, 6) is 0.543. The molecule has 13 heavy (non-hydrogen) atoms. The van der Waals surface area contributed by atoms with Gasteiger partial charge in [-0.1, -0.05) is 38.3 Å². The van der Waals surface area contributed by atoms with Gasteiger partial charge in [-0.2, -0.15) is 0 Å². The molecule has 0 spiro atoms. The Balaban J connectivity index is 2.14. The Labute approximate surface area is 81.9 Å². The van der Waals surface area contributed by atoms with E-state index < -0.39 is 0 Å². The summed E-state index contributed by atoms with van der Waals surface area (Å²) in [7, 11) is 0. The van der Waals surface area contributed by atoms with Crippen LogP contribution in [-0.2, 0) is 0 Å². The summed E-state index contributed by atoms with van der Waals surface area (Å²) >= 11 is 0. The Morgan fingerprint density at radius 2 is 2.23 bits per heavy atom. The SMILES string of the molecule is CCCCC[C@@H](O)[C@H]1CC=CCC1. The molecule has 0 aliphatic heterocycles. The molecule has 0 radical (unpaired) electrons. The standard InChI is InChI=1S/C12H22O/c1-2-3-5-10-12(13)11-8-6-4-7-9-11/h4,6,11-13H,2-3,5,7-10H2,1H3/t11-,12+/m0/s1. The minimum absolute atomic E-state index is 0.0449. The number of rotatable bonds is 5. The predicted octanol–water partition coefficient (Wildman–Crippen LogP) is 3.28. The van der Waals surface area contributed by atoms with Gasteiger partial charge in [-0.25, -0.2) is 0 Å². The highest BCUT2D eigenvalue weighted by Gasteiger charge is 2.18. The number of hydrogen-bond acceptors (Lipinski definition) is 1. The van der Waals surface area contributed by atoms with Crippen LogP contribution in [0.2, 0.25) is 0 Å². The lowest BCUT2D eigenvalue weighted by Gasteiger charge is -2.23. The monoisotopic (exact) mass is 182 g/mol. The maximum Gasteiger partial charge on any atom is 0.0571 e. The van der Waals surface area contributed by atoms with Crippen molar-refractivity contribution >= 4 is 0 Å². The quantitative estimate of drug-likeness (QED) is 0.511. The lowest BCUT2D eigenvalue weighted by atomic mass is 9.87. The number of aliphatic hydroxyl groups is 1. The molecule has 0 aromatic carbocycles. The Kier molecular flexibility index (Phi) is 5.14. The van der Waals surface area contributed by atoms with Gasteiger partial charge in [-0.3, -0.25) is 0 Å². The normalized spacial score (nSPS) is 24.6. The predicted molar refractivity (Wildman–Crippen MR) is 56.6 cm³/mol. The minimum atomic E-state index is -0.0449. The molecule has 1 N–H and O–H groups in total. The zero-order chi connectivity index (χ0) is 9.52. The van der Waals surface area contributed by atoms with Crippen molar-refractivity contribution in [2.24, 2.45) is 5.92 Å². The van der Waals surface area contributed by atoms with Crippen molar-refractivity contribution in [1.29, 1.82) is 0 Å². The number of hydrogen-bond donors (Lipinski definition) is 1. The van der Waals surface area contributed by atoms with Gasteiger partial charge in [-0.05, 0) is 31.6 Å². The van der Waals surface area contributed by atoms with Crippen molar-refractivity contribution in [3.63, 3.8) is 0 Å². The van der Waals surface area contributed by atoms with Gasteiger partial charge in [0.2, 0.25) is 0 Å². The van der Waals surface area contributed by atoms with Crippen LogP contribution in [0.4, 0.5) is 0 Å². The van der Waals surface area contributed by atoms with Crippen molar-refractivity contribution in [3.05, 3.63) is 12.2 Å². The molecule has 0 fully saturated rings. The van der Waals surface area contributed by atoms with Gasteiger partial charge in [-0.15, -0.1) is 0 Å². The minimum Gasteiger partial charge on any atom is -0.393 e. The molecule has 0 saturated heterocycles. The fourth-order valence-corrected chi connectivity index (χ4v) is 2.01. The van der Waals surface area contributed by atoms with Crippen LogP contribution < -0.4 is 0 Å². The second-order valence-electron chi connectivity index (χ2n) is 4.11. The zero-order valence-electron chi connectivity index (χ0n) is 8.71. The van der Waals surface area contributed by atoms with Crippen molar-refractivity contribution < 1.29 is 5.11 Å². The second-order valence-corrected chi connectivity index (χ2v) is 4.11. The van der Waals surface area contributed by atoms with Gasteiger partial charge in [0, 0.05) is 0 Å². The smallest absolute Gasteiger partial charge is 0.0571 e. The molecule has 1 heteroatoms. The van der Waals surface area contributed by atoms with Gasteiger partial charge < -0.3 is 5.11 Å². The third kappa shape index (κ3) is 3.95. The Morgan fingerprint density at radius 1 is 1.38 bits per heavy atom. The van der Waals surface area contributed by atoms with Gasteiger partial charge in [0.25, 0.3) is 0 Å². The van der Waals surface area contributed by atoms with Crippen molar-refractivity contribution in [2.75, 3.05) is 0 Å². The van der Waals surface area contributed by atoms with Crippen LogP contribution in [0.25, 0.3) is 0 Å². The molecule has 0 aromatic heterocycles. The van der Waals surface area contributed by atoms with Gasteiger partial charge in [0.15, 0.2) is 0 Å². The van der Waals surface area contributed by atoms with Crippen LogP contribution in [0.1, 0.15) is 51.9 Å². The van der Waals surface area contributed by atoms with E-state index in [9.17, 15) is 5.11 Å². The second kappa shape index (κ2) is 6.20. The van der Waals surface area contributed by atoms with Crippen molar-refractivity contribution in [3.8, 4) is 0 Å². The molecule has 1 nitrogen and oxygen atoms in total. The van der Waals surface area contributed by atoms with E-state index in [0.29, 0.717) is 5.92 Å². The molecule has 0 heterocycles. The summed E-state index contributed by atoms with van der Waals surface area (Å²) in [6, 6.07) is 0. The van der Waals surface area contributed by atoms with Gasteiger partial charge in [0.05, 0.1) is 6.10 Å². The lowest BCUT2D eigenvalue weighted by Crippen LogP contribution is -2.21. The first-order valence-electron chi connectivity index (χ1n) is 5.67. The molecule has 1 aliphatic rings. The highest BCUT2D eigenvalue weighted by atomic mass is 16.3. The Bertz CT molecular complexity index is 151. The first-order chi connectivity index (χ1) is 6.34. The number of aliphatic hydroxyl groups excluding tert-OH is 1. The maximum absolute atomic E-state index is 9.87. The van der Waals surface area contributed by atoms with E-state index in [-0.39, 0.29) is 6.10 Å². The van der Waals surface area contributed by atoms with Crippen LogP contribution in [0, 0.1) is 5.92 Å². The van der Waals surface area contributed by atoms with Crippen LogP contribution in [0.15, 0.2) is 12.2 Å². The van der Waals surface area contributed by atoms with E-state index >= 15 is 0 Å². The topological polar surface area (TPSA) is 20.2 Å². The molecular formula is C12H22O. The first kappa shape index (κ1) is 10.8. The third-order valence-electron chi connectivity index (χ3n) is 2.96. The van der Waals surface area contributed by atoms with Crippen LogP contribution in [0.3, 0.4) is 0 Å². The molecular weight excluding hydrogens is 160 g/mol. The summed E-state index contributed by atoms with van der Waals surface area (Å²) in [6.07, 6.45) is 12.6. The zero-order valence-corrected chi connectivity index (χ0v) is 8.71. The van der Waals surface area contributed by atoms with Crippen LogP contribution in [0.5, 0.6) is 0 Å². The summed E-state index contributed by atoms with van der Waals surface area (Å²) in [5.41, 5.74) is 0. The fourth-order valence-electron chi connectivity index (χ4n) is 2.01. The molecule has 0 aromatic rings. The maximum atomic E-state index is 9.87. The number of unbranched alkanes of at least 4 members (excludes halogenated alkanes) is 2. The van der Waals surface area contributed by atoms with E-state index in [0.717, 1.165) is 19.3 Å².